The summed E-state index contributed by atoms with van der Waals surface area (Å²) < 4.78 is 0. The van der Waals surface area contributed by atoms with Gasteiger partial charge in [0, 0.05) is 42.7 Å². The van der Waals surface area contributed by atoms with Crippen molar-refractivity contribution in [3.63, 3.8) is 0 Å². The van der Waals surface area contributed by atoms with Crippen molar-refractivity contribution >= 4 is 34.2 Å². The molecule has 0 amide bonds. The number of unbranched alkanes of at least 4 members (excludes halogenated alkanes) is 5. The average molecular weight is 648 g/mol. The quantitative estimate of drug-likeness (QED) is 0.0723. The Bertz CT molecular complexity index is 1090. The Morgan fingerprint density at radius 1 is 0.500 bits per heavy atom. The Hall–Kier alpha value is -2.13. The summed E-state index contributed by atoms with van der Waals surface area (Å²) in [5.41, 5.74) is 9.98. The number of aryl methyl sites for hydroxylation is 2. The standard InChI is InChI=1S/C39H64N4.Ni/c1-9-17-19-21-25-36(40-34-26-27-38(42(13-5)14-6)39(31-34)43(15-7)16-8)37(24-20-18-10-2)41-35-29-32(22-11-3)28-33(30-35)23-12-4;/h26-31H,9-25H2,1-8H3;. The summed E-state index contributed by atoms with van der Waals surface area (Å²) in [6.45, 7) is 22.1. The summed E-state index contributed by atoms with van der Waals surface area (Å²) in [5.74, 6) is 0. The smallest absolute Gasteiger partial charge is 0.0655 e. The normalized spacial score (nSPS) is 11.9. The van der Waals surface area contributed by atoms with Crippen LogP contribution in [-0.4, -0.2) is 37.6 Å². The van der Waals surface area contributed by atoms with Crippen LogP contribution < -0.4 is 9.80 Å². The molecule has 250 valence electrons. The third-order valence-corrected chi connectivity index (χ3v) is 8.43. The molecule has 2 aromatic rings. The van der Waals surface area contributed by atoms with Gasteiger partial charge in [-0.25, -0.2) is 0 Å². The van der Waals surface area contributed by atoms with E-state index in [2.05, 4.69) is 102 Å². The van der Waals surface area contributed by atoms with Crippen molar-refractivity contribution in [3.05, 3.63) is 47.5 Å². The Morgan fingerprint density at radius 3 is 1.48 bits per heavy atom. The van der Waals surface area contributed by atoms with E-state index in [9.17, 15) is 0 Å². The van der Waals surface area contributed by atoms with Crippen LogP contribution in [0.15, 0.2) is 46.4 Å². The van der Waals surface area contributed by atoms with Gasteiger partial charge in [-0.3, -0.25) is 9.98 Å². The molecule has 5 heteroatoms. The first kappa shape index (κ1) is 39.9. The largest absolute Gasteiger partial charge is 0.370 e. The maximum absolute atomic E-state index is 5.45. The minimum Gasteiger partial charge on any atom is -0.370 e. The number of hydrogen-bond donors (Lipinski definition) is 0. The molecule has 0 aliphatic heterocycles. The van der Waals surface area contributed by atoms with E-state index in [1.165, 1.54) is 66.0 Å². The molecule has 0 aliphatic rings. The zero-order valence-electron chi connectivity index (χ0n) is 29.6. The van der Waals surface area contributed by atoms with E-state index in [0.29, 0.717) is 0 Å². The minimum atomic E-state index is 0. The fourth-order valence-corrected chi connectivity index (χ4v) is 6.01. The fraction of sp³-hybridized carbons (Fsp3) is 0.641. The number of rotatable bonds is 22. The summed E-state index contributed by atoms with van der Waals surface area (Å²) in [7, 11) is 0. The molecule has 0 bridgehead atoms. The van der Waals surface area contributed by atoms with E-state index < -0.39 is 0 Å². The number of benzene rings is 2. The van der Waals surface area contributed by atoms with Crippen LogP contribution in [0.4, 0.5) is 22.7 Å². The van der Waals surface area contributed by atoms with Crippen molar-refractivity contribution in [1.29, 1.82) is 0 Å². The van der Waals surface area contributed by atoms with Crippen LogP contribution in [-0.2, 0) is 29.3 Å². The summed E-state index contributed by atoms with van der Waals surface area (Å²) in [6.07, 6.45) is 15.0. The second-order valence-corrected chi connectivity index (χ2v) is 11.9. The van der Waals surface area contributed by atoms with Crippen molar-refractivity contribution in [2.45, 2.75) is 139 Å². The maximum atomic E-state index is 5.45. The van der Waals surface area contributed by atoms with E-state index in [0.717, 1.165) is 88.9 Å². The predicted molar refractivity (Wildman–Crippen MR) is 195 cm³/mol. The summed E-state index contributed by atoms with van der Waals surface area (Å²) in [6, 6.07) is 13.9. The van der Waals surface area contributed by atoms with Crippen LogP contribution in [0, 0.1) is 0 Å². The number of aliphatic imine (C=N–C) groups is 2. The van der Waals surface area contributed by atoms with Gasteiger partial charge >= 0.3 is 0 Å². The number of hydrogen-bond acceptors (Lipinski definition) is 4. The molecule has 4 nitrogen and oxygen atoms in total. The van der Waals surface area contributed by atoms with E-state index in [4.69, 9.17) is 9.98 Å². The van der Waals surface area contributed by atoms with Gasteiger partial charge in [-0.2, -0.15) is 0 Å². The molecule has 2 rings (SSSR count). The fourth-order valence-electron chi connectivity index (χ4n) is 6.01. The second kappa shape index (κ2) is 23.2. The summed E-state index contributed by atoms with van der Waals surface area (Å²) >= 11 is 0. The Labute approximate surface area is 282 Å². The molecule has 0 saturated carbocycles. The van der Waals surface area contributed by atoms with Gasteiger partial charge in [0.15, 0.2) is 0 Å². The van der Waals surface area contributed by atoms with Crippen molar-refractivity contribution in [1.82, 2.24) is 0 Å². The molecule has 2 aromatic carbocycles. The molecule has 0 N–H and O–H groups in total. The second-order valence-electron chi connectivity index (χ2n) is 11.9. The van der Waals surface area contributed by atoms with Crippen LogP contribution in [0.1, 0.15) is 137 Å². The van der Waals surface area contributed by atoms with E-state index in [-0.39, 0.29) is 16.5 Å². The summed E-state index contributed by atoms with van der Waals surface area (Å²) in [5, 5.41) is 0. The minimum absolute atomic E-state index is 0. The average Bonchev–Trinajstić information content (AvgIpc) is 3.00. The Morgan fingerprint density at radius 2 is 0.977 bits per heavy atom. The molecular weight excluding hydrogens is 583 g/mol. The SMILES string of the molecule is CCCCCCC(=Nc1ccc(N(CC)CC)c(N(CC)CC)c1)C(CCCCC)=Nc1cc(CCC)cc(CCC)c1.[Ni]. The van der Waals surface area contributed by atoms with E-state index in [1.807, 2.05) is 0 Å². The first-order valence-corrected chi connectivity index (χ1v) is 17.9. The van der Waals surface area contributed by atoms with Crippen LogP contribution >= 0.6 is 0 Å². The maximum Gasteiger partial charge on any atom is 0.0655 e. The van der Waals surface area contributed by atoms with Crippen LogP contribution in [0.25, 0.3) is 0 Å². The van der Waals surface area contributed by atoms with Crippen molar-refractivity contribution in [3.8, 4) is 0 Å². The molecule has 44 heavy (non-hydrogen) atoms. The first-order chi connectivity index (χ1) is 21.0. The van der Waals surface area contributed by atoms with Gasteiger partial charge in [0.1, 0.15) is 0 Å². The van der Waals surface area contributed by atoms with Crippen molar-refractivity contribution in [2.75, 3.05) is 36.0 Å². The number of nitrogens with zero attached hydrogens (tertiary/aromatic N) is 4. The molecule has 0 aromatic heterocycles. The van der Waals surface area contributed by atoms with Crippen LogP contribution in [0.2, 0.25) is 0 Å². The van der Waals surface area contributed by atoms with Crippen LogP contribution in [0.5, 0.6) is 0 Å². The first-order valence-electron chi connectivity index (χ1n) is 17.9. The van der Waals surface area contributed by atoms with E-state index in [1.54, 1.807) is 0 Å². The summed E-state index contributed by atoms with van der Waals surface area (Å²) in [4.78, 5) is 15.8. The van der Waals surface area contributed by atoms with Gasteiger partial charge in [0.2, 0.25) is 0 Å². The molecule has 0 spiro atoms. The van der Waals surface area contributed by atoms with Gasteiger partial charge in [0.05, 0.1) is 34.2 Å². The molecule has 0 aliphatic carbocycles. The molecule has 0 radical (unpaired) electrons. The van der Waals surface area contributed by atoms with Gasteiger partial charge in [-0.15, -0.1) is 0 Å². The van der Waals surface area contributed by atoms with Gasteiger partial charge in [-0.1, -0.05) is 78.7 Å². The van der Waals surface area contributed by atoms with E-state index >= 15 is 0 Å². The Balaban J connectivity index is 0.00000968. The van der Waals surface area contributed by atoms with Crippen LogP contribution in [0.3, 0.4) is 0 Å². The van der Waals surface area contributed by atoms with Gasteiger partial charge < -0.3 is 9.80 Å². The molecule has 0 saturated heterocycles. The van der Waals surface area contributed by atoms with Crippen molar-refractivity contribution in [2.24, 2.45) is 9.98 Å². The zero-order valence-corrected chi connectivity index (χ0v) is 30.6. The molecule has 0 fully saturated rings. The zero-order chi connectivity index (χ0) is 31.5. The number of anilines is 2. The van der Waals surface area contributed by atoms with Gasteiger partial charge in [0.25, 0.3) is 0 Å². The molecule has 0 heterocycles. The molecule has 0 unspecified atom stereocenters. The third-order valence-electron chi connectivity index (χ3n) is 8.43. The van der Waals surface area contributed by atoms with Crippen molar-refractivity contribution < 1.29 is 16.5 Å². The molecular formula is C39H64N4Ni. The third kappa shape index (κ3) is 13.1. The topological polar surface area (TPSA) is 31.2 Å². The predicted octanol–water partition coefficient (Wildman–Crippen LogP) is 11.7. The molecule has 0 atom stereocenters. The van der Waals surface area contributed by atoms with Gasteiger partial charge in [-0.05, 0) is 108 Å². The monoisotopic (exact) mass is 646 g/mol. The Kier molecular flexibility index (Phi) is 21.1.